The summed E-state index contributed by atoms with van der Waals surface area (Å²) in [5.74, 6) is 0. The number of hydrogen-bond acceptors (Lipinski definition) is 4. The van der Waals surface area contributed by atoms with Gasteiger partial charge in [0.15, 0.2) is 0 Å². The molecule has 5 heteroatoms. The number of anilines is 1. The molecule has 0 radical (unpaired) electrons. The van der Waals surface area contributed by atoms with E-state index in [2.05, 4.69) is 27.5 Å². The maximum atomic E-state index is 5.92. The lowest BCUT2D eigenvalue weighted by Crippen LogP contribution is -2.39. The molecule has 2 aromatic rings. The molecule has 0 saturated carbocycles. The van der Waals surface area contributed by atoms with Gasteiger partial charge in [-0.2, -0.15) is 4.37 Å². The van der Waals surface area contributed by atoms with E-state index in [1.165, 1.54) is 10.4 Å². The van der Waals surface area contributed by atoms with Gasteiger partial charge in [-0.15, -0.1) is 12.4 Å². The molecule has 0 spiro atoms. The van der Waals surface area contributed by atoms with Gasteiger partial charge in [-0.05, 0) is 36.5 Å². The predicted molar refractivity (Wildman–Crippen MR) is 76.3 cm³/mol. The number of benzene rings is 1. The van der Waals surface area contributed by atoms with Crippen LogP contribution in [0.5, 0.6) is 0 Å². The summed E-state index contributed by atoms with van der Waals surface area (Å²) in [4.78, 5) is 2.42. The van der Waals surface area contributed by atoms with Crippen molar-refractivity contribution in [2.45, 2.75) is 18.9 Å². The summed E-state index contributed by atoms with van der Waals surface area (Å²) in [6, 6.07) is 8.73. The number of halogens is 1. The van der Waals surface area contributed by atoms with Crippen LogP contribution in [-0.2, 0) is 0 Å². The van der Waals surface area contributed by atoms with E-state index in [1.54, 1.807) is 11.5 Å². The van der Waals surface area contributed by atoms with Gasteiger partial charge < -0.3 is 10.6 Å². The van der Waals surface area contributed by atoms with E-state index < -0.39 is 0 Å². The van der Waals surface area contributed by atoms with Crippen molar-refractivity contribution in [2.75, 3.05) is 18.0 Å². The third-order valence-electron chi connectivity index (χ3n) is 3.19. The van der Waals surface area contributed by atoms with Crippen LogP contribution >= 0.6 is 23.9 Å². The van der Waals surface area contributed by atoms with Crippen molar-refractivity contribution in [1.29, 1.82) is 0 Å². The fourth-order valence-corrected chi connectivity index (χ4v) is 3.12. The zero-order valence-corrected chi connectivity index (χ0v) is 11.1. The van der Waals surface area contributed by atoms with Crippen LogP contribution in [0.15, 0.2) is 24.3 Å². The van der Waals surface area contributed by atoms with Gasteiger partial charge in [0.05, 0.1) is 5.52 Å². The van der Waals surface area contributed by atoms with Crippen molar-refractivity contribution in [3.63, 3.8) is 0 Å². The minimum absolute atomic E-state index is 0. The Hall–Kier alpha value is -0.840. The second-order valence-corrected chi connectivity index (χ2v) is 5.08. The molecular weight excluding hydrogens is 254 g/mol. The average Bonchev–Trinajstić information content (AvgIpc) is 2.74. The molecule has 0 atom stereocenters. The van der Waals surface area contributed by atoms with E-state index in [0.29, 0.717) is 6.04 Å². The van der Waals surface area contributed by atoms with Crippen LogP contribution in [0, 0.1) is 0 Å². The number of aromatic nitrogens is 1. The highest BCUT2D eigenvalue weighted by atomic mass is 35.5. The van der Waals surface area contributed by atoms with Gasteiger partial charge >= 0.3 is 0 Å². The number of fused-ring (bicyclic) bond motifs is 1. The lowest BCUT2D eigenvalue weighted by Gasteiger charge is -2.30. The SMILES string of the molecule is Cl.NC1CCN(c2snc3ccccc23)CC1. The van der Waals surface area contributed by atoms with Crippen LogP contribution in [0.2, 0.25) is 0 Å². The molecule has 1 aliphatic heterocycles. The summed E-state index contributed by atoms with van der Waals surface area (Å²) in [6.07, 6.45) is 2.18. The average molecular weight is 270 g/mol. The number of nitrogens with zero attached hydrogens (tertiary/aromatic N) is 2. The second kappa shape index (κ2) is 5.21. The Balaban J connectivity index is 0.00000108. The molecule has 92 valence electrons. The number of hydrogen-bond donors (Lipinski definition) is 1. The van der Waals surface area contributed by atoms with Crippen LogP contribution in [0.25, 0.3) is 10.9 Å². The fourth-order valence-electron chi connectivity index (χ4n) is 2.21. The van der Waals surface area contributed by atoms with Crippen molar-refractivity contribution in [2.24, 2.45) is 5.73 Å². The third-order valence-corrected chi connectivity index (χ3v) is 4.13. The van der Waals surface area contributed by atoms with E-state index in [4.69, 9.17) is 5.73 Å². The molecule has 17 heavy (non-hydrogen) atoms. The Morgan fingerprint density at radius 2 is 1.94 bits per heavy atom. The van der Waals surface area contributed by atoms with E-state index in [0.717, 1.165) is 31.4 Å². The molecular formula is C12H16ClN3S. The van der Waals surface area contributed by atoms with E-state index in [1.807, 2.05) is 6.07 Å². The predicted octanol–water partition coefficient (Wildman–Crippen LogP) is 2.65. The van der Waals surface area contributed by atoms with Crippen LogP contribution in [0.3, 0.4) is 0 Å². The maximum Gasteiger partial charge on any atom is 0.119 e. The van der Waals surface area contributed by atoms with Gasteiger partial charge in [-0.25, -0.2) is 0 Å². The third kappa shape index (κ3) is 2.39. The minimum Gasteiger partial charge on any atom is -0.362 e. The standard InChI is InChI=1S/C12H15N3S.ClH/c13-9-5-7-15(8-6-9)12-10-3-1-2-4-11(10)14-16-12;/h1-4,9H,5-8,13H2;1H. The van der Waals surface area contributed by atoms with Crippen LogP contribution in [0.1, 0.15) is 12.8 Å². The van der Waals surface area contributed by atoms with Gasteiger partial charge in [0.2, 0.25) is 0 Å². The summed E-state index contributed by atoms with van der Waals surface area (Å²) in [5, 5.41) is 2.59. The molecule has 0 unspecified atom stereocenters. The summed E-state index contributed by atoms with van der Waals surface area (Å²) in [5.41, 5.74) is 7.03. The zero-order chi connectivity index (χ0) is 11.0. The van der Waals surface area contributed by atoms with E-state index in [-0.39, 0.29) is 12.4 Å². The lowest BCUT2D eigenvalue weighted by molar-refractivity contribution is 0.503. The van der Waals surface area contributed by atoms with Crippen molar-refractivity contribution in [1.82, 2.24) is 4.37 Å². The molecule has 1 saturated heterocycles. The van der Waals surface area contributed by atoms with Gasteiger partial charge in [0, 0.05) is 24.5 Å². The van der Waals surface area contributed by atoms with E-state index >= 15 is 0 Å². The number of piperidine rings is 1. The van der Waals surface area contributed by atoms with Crippen molar-refractivity contribution in [3.8, 4) is 0 Å². The Labute approximate surface area is 111 Å². The highest BCUT2D eigenvalue weighted by Gasteiger charge is 2.19. The van der Waals surface area contributed by atoms with Crippen LogP contribution in [0.4, 0.5) is 5.00 Å². The summed E-state index contributed by atoms with van der Waals surface area (Å²) in [6.45, 7) is 2.13. The Morgan fingerprint density at radius 3 is 2.71 bits per heavy atom. The highest BCUT2D eigenvalue weighted by molar-refractivity contribution is 7.11. The Morgan fingerprint density at radius 1 is 1.24 bits per heavy atom. The van der Waals surface area contributed by atoms with Crippen molar-refractivity contribution >= 4 is 39.8 Å². The smallest absolute Gasteiger partial charge is 0.119 e. The van der Waals surface area contributed by atoms with Gasteiger partial charge in [0.25, 0.3) is 0 Å². The summed E-state index contributed by atoms with van der Waals surface area (Å²) < 4.78 is 4.48. The highest BCUT2D eigenvalue weighted by Crippen LogP contribution is 2.32. The van der Waals surface area contributed by atoms with Crippen molar-refractivity contribution < 1.29 is 0 Å². The molecule has 2 N–H and O–H groups in total. The largest absolute Gasteiger partial charge is 0.362 e. The Kier molecular flexibility index (Phi) is 3.86. The molecule has 1 fully saturated rings. The fraction of sp³-hybridized carbons (Fsp3) is 0.417. The summed E-state index contributed by atoms with van der Waals surface area (Å²) in [7, 11) is 0. The number of nitrogens with two attached hydrogens (primary N) is 1. The molecule has 0 aliphatic carbocycles. The zero-order valence-electron chi connectivity index (χ0n) is 9.50. The molecule has 1 aliphatic rings. The quantitative estimate of drug-likeness (QED) is 0.865. The van der Waals surface area contributed by atoms with Crippen LogP contribution < -0.4 is 10.6 Å². The molecule has 3 nitrogen and oxygen atoms in total. The van der Waals surface area contributed by atoms with Crippen molar-refractivity contribution in [3.05, 3.63) is 24.3 Å². The van der Waals surface area contributed by atoms with Gasteiger partial charge in [-0.1, -0.05) is 12.1 Å². The molecule has 0 amide bonds. The lowest BCUT2D eigenvalue weighted by atomic mass is 10.1. The first kappa shape index (κ1) is 12.6. The minimum atomic E-state index is 0. The summed E-state index contributed by atoms with van der Waals surface area (Å²) >= 11 is 1.61. The first-order valence-corrected chi connectivity index (χ1v) is 6.47. The molecule has 0 bridgehead atoms. The van der Waals surface area contributed by atoms with Gasteiger partial charge in [0.1, 0.15) is 5.00 Å². The maximum absolute atomic E-state index is 5.92. The van der Waals surface area contributed by atoms with Gasteiger partial charge in [-0.3, -0.25) is 0 Å². The first-order chi connectivity index (χ1) is 7.84. The number of rotatable bonds is 1. The molecule has 3 rings (SSSR count). The molecule has 2 heterocycles. The first-order valence-electron chi connectivity index (χ1n) is 5.69. The monoisotopic (exact) mass is 269 g/mol. The second-order valence-electron chi connectivity index (χ2n) is 4.33. The topological polar surface area (TPSA) is 42.1 Å². The Bertz CT molecular complexity index is 491. The van der Waals surface area contributed by atoms with E-state index in [9.17, 15) is 0 Å². The molecule has 1 aromatic heterocycles. The molecule has 1 aromatic carbocycles. The normalized spacial score (nSPS) is 17.1. The van der Waals surface area contributed by atoms with Crippen LogP contribution in [-0.4, -0.2) is 23.5 Å².